The first-order valence-corrected chi connectivity index (χ1v) is 6.69. The molecule has 1 aromatic heterocycles. The predicted octanol–water partition coefficient (Wildman–Crippen LogP) is 1.47. The average Bonchev–Trinajstić information content (AvgIpc) is 2.41. The molecule has 0 spiro atoms. The third kappa shape index (κ3) is 3.64. The van der Waals surface area contributed by atoms with Crippen molar-refractivity contribution in [1.82, 2.24) is 0 Å². The second-order valence-corrected chi connectivity index (χ2v) is 5.01. The van der Waals surface area contributed by atoms with Gasteiger partial charge in [0.2, 0.25) is 6.54 Å². The van der Waals surface area contributed by atoms with E-state index in [-0.39, 0.29) is 12.5 Å². The number of aromatic nitrogens is 1. The van der Waals surface area contributed by atoms with Gasteiger partial charge in [0, 0.05) is 10.5 Å². The maximum Gasteiger partial charge on any atom is 0.290 e. The van der Waals surface area contributed by atoms with Crippen LogP contribution in [0.2, 0.25) is 0 Å². The van der Waals surface area contributed by atoms with Gasteiger partial charge < -0.3 is 11.1 Å². The van der Waals surface area contributed by atoms with Gasteiger partial charge in [-0.2, -0.15) is 4.57 Å². The highest BCUT2D eigenvalue weighted by atomic mass is 79.9. The Morgan fingerprint density at radius 3 is 2.65 bits per heavy atom. The number of para-hydroxylation sites is 1. The Morgan fingerprint density at radius 1 is 1.20 bits per heavy atom. The Kier molecular flexibility index (Phi) is 4.47. The lowest BCUT2D eigenvalue weighted by molar-refractivity contribution is -0.684. The fourth-order valence-electron chi connectivity index (χ4n) is 1.68. The molecule has 2 rings (SSSR count). The predicted molar refractivity (Wildman–Crippen MR) is 77.9 cm³/mol. The number of primary amides is 1. The van der Waals surface area contributed by atoms with E-state index in [9.17, 15) is 9.59 Å². The number of halogens is 1. The summed E-state index contributed by atoms with van der Waals surface area (Å²) < 4.78 is 2.41. The zero-order valence-electron chi connectivity index (χ0n) is 10.5. The molecule has 0 saturated heterocycles. The fraction of sp³-hybridized carbons (Fsp3) is 0.0714. The third-order valence-electron chi connectivity index (χ3n) is 2.62. The van der Waals surface area contributed by atoms with E-state index in [4.69, 9.17) is 5.73 Å². The number of carbonyl (C=O) groups is 2. The van der Waals surface area contributed by atoms with Gasteiger partial charge in [-0.1, -0.05) is 12.1 Å². The van der Waals surface area contributed by atoms with Crippen molar-refractivity contribution < 1.29 is 14.2 Å². The standard InChI is InChI=1S/C14H12BrN3O2/c15-11-5-1-2-6-12(11)17-13(19)9-18-7-3-4-10(8-18)14(16)20/h1-8H,9H2,(H2-,16,17,19,20)/p+1. The number of hydrogen-bond acceptors (Lipinski definition) is 2. The summed E-state index contributed by atoms with van der Waals surface area (Å²) in [7, 11) is 0. The Labute approximate surface area is 124 Å². The molecule has 0 saturated carbocycles. The van der Waals surface area contributed by atoms with Crippen LogP contribution in [0.5, 0.6) is 0 Å². The minimum absolute atomic E-state index is 0.0997. The van der Waals surface area contributed by atoms with Crippen LogP contribution in [0.25, 0.3) is 0 Å². The minimum Gasteiger partial charge on any atom is -0.365 e. The van der Waals surface area contributed by atoms with Crippen molar-refractivity contribution in [1.29, 1.82) is 0 Å². The Bertz CT molecular complexity index is 658. The normalized spacial score (nSPS) is 10.1. The summed E-state index contributed by atoms with van der Waals surface area (Å²) in [6.07, 6.45) is 3.24. The van der Waals surface area contributed by atoms with Crippen molar-refractivity contribution >= 4 is 33.4 Å². The smallest absolute Gasteiger partial charge is 0.290 e. The van der Waals surface area contributed by atoms with E-state index in [1.807, 2.05) is 18.2 Å². The minimum atomic E-state index is -0.523. The molecule has 20 heavy (non-hydrogen) atoms. The molecule has 3 N–H and O–H groups in total. The number of hydrogen-bond donors (Lipinski definition) is 2. The maximum absolute atomic E-state index is 11.9. The van der Waals surface area contributed by atoms with E-state index in [1.165, 1.54) is 0 Å². The average molecular weight is 335 g/mol. The number of rotatable bonds is 4. The SMILES string of the molecule is NC(=O)c1ccc[n+](CC(=O)Nc2ccccc2Br)c1. The van der Waals surface area contributed by atoms with Gasteiger partial charge in [0.25, 0.3) is 11.8 Å². The molecule has 5 nitrogen and oxygen atoms in total. The summed E-state index contributed by atoms with van der Waals surface area (Å²) >= 11 is 3.36. The van der Waals surface area contributed by atoms with Crippen LogP contribution in [0.1, 0.15) is 10.4 Å². The molecule has 0 atom stereocenters. The zero-order valence-corrected chi connectivity index (χ0v) is 12.1. The summed E-state index contributed by atoms with van der Waals surface area (Å²) in [6, 6.07) is 10.6. The van der Waals surface area contributed by atoms with Crippen LogP contribution in [-0.4, -0.2) is 11.8 Å². The lowest BCUT2D eigenvalue weighted by atomic mass is 10.2. The molecular formula is C14H13BrN3O2+. The molecule has 6 heteroatoms. The van der Waals surface area contributed by atoms with Crippen molar-refractivity contribution in [3.63, 3.8) is 0 Å². The molecular weight excluding hydrogens is 322 g/mol. The summed E-state index contributed by atoms with van der Waals surface area (Å²) in [4.78, 5) is 23.0. The Morgan fingerprint density at radius 2 is 1.95 bits per heavy atom. The molecule has 2 amide bonds. The number of pyridine rings is 1. The van der Waals surface area contributed by atoms with Crippen LogP contribution in [-0.2, 0) is 11.3 Å². The maximum atomic E-state index is 11.9. The first-order valence-electron chi connectivity index (χ1n) is 5.89. The second kappa shape index (κ2) is 6.29. The molecule has 0 fully saturated rings. The van der Waals surface area contributed by atoms with Crippen molar-refractivity contribution in [3.05, 3.63) is 58.8 Å². The highest BCUT2D eigenvalue weighted by molar-refractivity contribution is 9.10. The number of nitrogens with one attached hydrogen (secondary N) is 1. The third-order valence-corrected chi connectivity index (χ3v) is 3.31. The number of amides is 2. The van der Waals surface area contributed by atoms with E-state index < -0.39 is 5.91 Å². The van der Waals surface area contributed by atoms with Gasteiger partial charge in [-0.05, 0) is 34.1 Å². The van der Waals surface area contributed by atoms with Crippen molar-refractivity contribution in [2.75, 3.05) is 5.32 Å². The van der Waals surface area contributed by atoms with E-state index in [0.717, 1.165) is 4.47 Å². The number of benzene rings is 1. The summed E-state index contributed by atoms with van der Waals surface area (Å²) in [6.45, 7) is 0.0997. The molecule has 1 heterocycles. The van der Waals surface area contributed by atoms with Crippen LogP contribution in [0.15, 0.2) is 53.3 Å². The lowest BCUT2D eigenvalue weighted by Crippen LogP contribution is -2.40. The van der Waals surface area contributed by atoms with E-state index in [2.05, 4.69) is 21.2 Å². The van der Waals surface area contributed by atoms with Gasteiger partial charge in [0.15, 0.2) is 12.4 Å². The molecule has 0 unspecified atom stereocenters. The molecule has 0 aliphatic rings. The second-order valence-electron chi connectivity index (χ2n) is 4.16. The van der Waals surface area contributed by atoms with Gasteiger partial charge >= 0.3 is 0 Å². The largest absolute Gasteiger partial charge is 0.365 e. The van der Waals surface area contributed by atoms with Crippen molar-refractivity contribution in [3.8, 4) is 0 Å². The van der Waals surface area contributed by atoms with E-state index in [0.29, 0.717) is 11.3 Å². The van der Waals surface area contributed by atoms with Gasteiger partial charge in [0.05, 0.1) is 5.69 Å². The highest BCUT2D eigenvalue weighted by Gasteiger charge is 2.13. The highest BCUT2D eigenvalue weighted by Crippen LogP contribution is 2.20. The molecule has 102 valence electrons. The van der Waals surface area contributed by atoms with Gasteiger partial charge in [-0.15, -0.1) is 0 Å². The summed E-state index contributed by atoms with van der Waals surface area (Å²) in [5.41, 5.74) is 6.26. The summed E-state index contributed by atoms with van der Waals surface area (Å²) in [5.74, 6) is -0.714. The first-order chi connectivity index (χ1) is 9.56. The molecule has 0 aliphatic heterocycles. The van der Waals surface area contributed by atoms with E-state index >= 15 is 0 Å². The van der Waals surface area contributed by atoms with Crippen LogP contribution in [0.4, 0.5) is 5.69 Å². The quantitative estimate of drug-likeness (QED) is 0.831. The zero-order chi connectivity index (χ0) is 14.5. The Balaban J connectivity index is 2.07. The topological polar surface area (TPSA) is 76.1 Å². The van der Waals surface area contributed by atoms with Crippen molar-refractivity contribution in [2.45, 2.75) is 6.54 Å². The van der Waals surface area contributed by atoms with Crippen LogP contribution in [0.3, 0.4) is 0 Å². The van der Waals surface area contributed by atoms with Gasteiger partial charge in [0.1, 0.15) is 5.56 Å². The number of carbonyl (C=O) groups excluding carboxylic acids is 2. The number of nitrogens with two attached hydrogens (primary N) is 1. The molecule has 0 bridgehead atoms. The van der Waals surface area contributed by atoms with Crippen molar-refractivity contribution in [2.24, 2.45) is 5.73 Å². The van der Waals surface area contributed by atoms with Crippen LogP contribution >= 0.6 is 15.9 Å². The molecule has 2 aromatic rings. The molecule has 0 radical (unpaired) electrons. The summed E-state index contributed by atoms with van der Waals surface area (Å²) in [5, 5.41) is 2.78. The van der Waals surface area contributed by atoms with Crippen LogP contribution < -0.4 is 15.6 Å². The first kappa shape index (κ1) is 14.2. The van der Waals surface area contributed by atoms with Gasteiger partial charge in [-0.25, -0.2) is 0 Å². The van der Waals surface area contributed by atoms with E-state index in [1.54, 1.807) is 35.2 Å². The molecule has 0 aliphatic carbocycles. The fourth-order valence-corrected chi connectivity index (χ4v) is 2.07. The van der Waals surface area contributed by atoms with Crippen LogP contribution in [0, 0.1) is 0 Å². The monoisotopic (exact) mass is 334 g/mol. The number of nitrogens with zero attached hydrogens (tertiary/aromatic N) is 1. The lowest BCUT2D eigenvalue weighted by Gasteiger charge is -2.05. The van der Waals surface area contributed by atoms with Gasteiger partial charge in [-0.3, -0.25) is 9.59 Å². The Hall–Kier alpha value is -2.21. The number of anilines is 1. The molecule has 1 aromatic carbocycles.